The number of nitrogens with one attached hydrogen (secondary N) is 2. The summed E-state index contributed by atoms with van der Waals surface area (Å²) in [5.41, 5.74) is 6.13. The molecular formula is C11H20N4O3S. The van der Waals surface area contributed by atoms with Crippen LogP contribution in [0.1, 0.15) is 5.69 Å². The molecule has 7 nitrogen and oxygen atoms in total. The summed E-state index contributed by atoms with van der Waals surface area (Å²) in [6, 6.07) is 1.54. The minimum absolute atomic E-state index is 0.110. The van der Waals surface area contributed by atoms with Crippen molar-refractivity contribution in [3.8, 4) is 0 Å². The van der Waals surface area contributed by atoms with E-state index in [1.54, 1.807) is 0 Å². The number of H-pyrrole nitrogens is 1. The average molecular weight is 288 g/mol. The van der Waals surface area contributed by atoms with Crippen molar-refractivity contribution in [2.45, 2.75) is 17.5 Å². The number of aromatic amines is 1. The molecule has 0 bridgehead atoms. The van der Waals surface area contributed by atoms with Gasteiger partial charge in [0.05, 0.1) is 17.6 Å². The van der Waals surface area contributed by atoms with Gasteiger partial charge in [0.25, 0.3) is 0 Å². The molecule has 0 amide bonds. The smallest absolute Gasteiger partial charge is 0.242 e. The van der Waals surface area contributed by atoms with Gasteiger partial charge in [0.15, 0.2) is 0 Å². The molecule has 0 radical (unpaired) electrons. The van der Waals surface area contributed by atoms with Crippen LogP contribution in [0.25, 0.3) is 0 Å². The summed E-state index contributed by atoms with van der Waals surface area (Å²) in [6.45, 7) is 2.79. The standard InChI is InChI=1S/C11H20N4O3S/c1-15-2-3-18-10(8-15)6-14-19(16,17)11-4-9(5-12)13-7-11/h4,7,10,13-14H,2-3,5-6,8,12H2,1H3. The number of ether oxygens (including phenoxy) is 1. The van der Waals surface area contributed by atoms with Gasteiger partial charge in [-0.15, -0.1) is 0 Å². The number of aromatic nitrogens is 1. The first-order valence-electron chi connectivity index (χ1n) is 6.18. The lowest BCUT2D eigenvalue weighted by Gasteiger charge is -2.29. The molecule has 0 saturated carbocycles. The second-order valence-electron chi connectivity index (χ2n) is 4.67. The quantitative estimate of drug-likeness (QED) is 0.651. The first-order chi connectivity index (χ1) is 9.01. The molecule has 1 saturated heterocycles. The maximum absolute atomic E-state index is 12.0. The van der Waals surface area contributed by atoms with E-state index < -0.39 is 10.0 Å². The third-order valence-electron chi connectivity index (χ3n) is 3.09. The van der Waals surface area contributed by atoms with Crippen molar-refractivity contribution in [2.24, 2.45) is 5.73 Å². The van der Waals surface area contributed by atoms with E-state index >= 15 is 0 Å². The summed E-state index contributed by atoms with van der Waals surface area (Å²) in [5, 5.41) is 0. The SMILES string of the molecule is CN1CCOC(CNS(=O)(=O)c2c[nH]c(CN)c2)C1. The Balaban J connectivity index is 1.93. The molecule has 1 aliphatic heterocycles. The maximum atomic E-state index is 12.0. The Morgan fingerprint density at radius 1 is 1.63 bits per heavy atom. The zero-order valence-electron chi connectivity index (χ0n) is 10.9. The monoisotopic (exact) mass is 288 g/mol. The van der Waals surface area contributed by atoms with Crippen LogP contribution in [0, 0.1) is 0 Å². The number of hydrogen-bond acceptors (Lipinski definition) is 5. The van der Waals surface area contributed by atoms with Crippen LogP contribution in [0.2, 0.25) is 0 Å². The molecule has 8 heteroatoms. The molecule has 2 heterocycles. The van der Waals surface area contributed by atoms with E-state index in [1.807, 2.05) is 7.05 Å². The summed E-state index contributed by atoms with van der Waals surface area (Å²) in [4.78, 5) is 5.14. The predicted octanol–water partition coefficient (Wildman–Crippen LogP) is -0.918. The molecule has 1 atom stereocenters. The van der Waals surface area contributed by atoms with E-state index in [4.69, 9.17) is 10.5 Å². The fourth-order valence-corrected chi connectivity index (χ4v) is 3.05. The largest absolute Gasteiger partial charge is 0.374 e. The summed E-state index contributed by atoms with van der Waals surface area (Å²) in [7, 11) is -1.51. The highest BCUT2D eigenvalue weighted by atomic mass is 32.2. The molecule has 1 fully saturated rings. The molecule has 1 aliphatic rings. The van der Waals surface area contributed by atoms with Gasteiger partial charge in [0.1, 0.15) is 0 Å². The van der Waals surface area contributed by atoms with Crippen molar-refractivity contribution in [2.75, 3.05) is 33.3 Å². The molecular weight excluding hydrogens is 268 g/mol. The Kier molecular flexibility index (Phi) is 4.58. The van der Waals surface area contributed by atoms with Crippen LogP contribution in [0.4, 0.5) is 0 Å². The first-order valence-corrected chi connectivity index (χ1v) is 7.67. The highest BCUT2D eigenvalue weighted by molar-refractivity contribution is 7.89. The van der Waals surface area contributed by atoms with Gasteiger partial charge >= 0.3 is 0 Å². The van der Waals surface area contributed by atoms with E-state index in [1.165, 1.54) is 12.3 Å². The van der Waals surface area contributed by atoms with Gasteiger partial charge in [-0.05, 0) is 13.1 Å². The molecule has 0 aliphatic carbocycles. The lowest BCUT2D eigenvalue weighted by Crippen LogP contribution is -2.45. The average Bonchev–Trinajstić information content (AvgIpc) is 2.86. The summed E-state index contributed by atoms with van der Waals surface area (Å²) < 4.78 is 32.2. The Labute approximate surface area is 113 Å². The van der Waals surface area contributed by atoms with Crippen LogP contribution in [-0.2, 0) is 21.3 Å². The first kappa shape index (κ1) is 14.5. The number of nitrogens with zero attached hydrogens (tertiary/aromatic N) is 1. The van der Waals surface area contributed by atoms with Gasteiger partial charge in [-0.2, -0.15) is 0 Å². The number of nitrogens with two attached hydrogens (primary N) is 1. The van der Waals surface area contributed by atoms with Crippen molar-refractivity contribution >= 4 is 10.0 Å². The molecule has 19 heavy (non-hydrogen) atoms. The minimum atomic E-state index is -3.50. The Hall–Kier alpha value is -0.930. The van der Waals surface area contributed by atoms with Crippen molar-refractivity contribution in [3.05, 3.63) is 18.0 Å². The van der Waals surface area contributed by atoms with E-state index in [0.29, 0.717) is 12.3 Å². The summed E-state index contributed by atoms with van der Waals surface area (Å²) >= 11 is 0. The zero-order chi connectivity index (χ0) is 13.9. The number of sulfonamides is 1. The third-order valence-corrected chi connectivity index (χ3v) is 4.49. The van der Waals surface area contributed by atoms with Crippen molar-refractivity contribution < 1.29 is 13.2 Å². The molecule has 0 aromatic carbocycles. The Morgan fingerprint density at radius 2 is 2.42 bits per heavy atom. The van der Waals surface area contributed by atoms with E-state index in [2.05, 4.69) is 14.6 Å². The molecule has 0 spiro atoms. The molecule has 4 N–H and O–H groups in total. The van der Waals surface area contributed by atoms with Gasteiger partial charge < -0.3 is 20.4 Å². The van der Waals surface area contributed by atoms with Crippen LogP contribution in [0.15, 0.2) is 17.2 Å². The van der Waals surface area contributed by atoms with Gasteiger partial charge in [-0.3, -0.25) is 0 Å². The van der Waals surface area contributed by atoms with Crippen LogP contribution in [0.3, 0.4) is 0 Å². The normalized spacial score (nSPS) is 21.7. The van der Waals surface area contributed by atoms with Crippen molar-refractivity contribution in [1.82, 2.24) is 14.6 Å². The molecule has 108 valence electrons. The molecule has 1 unspecified atom stereocenters. The van der Waals surface area contributed by atoms with Gasteiger partial charge in [0, 0.05) is 38.1 Å². The maximum Gasteiger partial charge on any atom is 0.242 e. The van der Waals surface area contributed by atoms with Crippen LogP contribution >= 0.6 is 0 Å². The second kappa shape index (κ2) is 6.02. The van der Waals surface area contributed by atoms with Gasteiger partial charge in [-0.25, -0.2) is 13.1 Å². The molecule has 2 rings (SSSR count). The third kappa shape index (κ3) is 3.77. The zero-order valence-corrected chi connectivity index (χ0v) is 11.7. The number of likely N-dealkylation sites (N-methyl/N-ethyl adjacent to an activating group) is 1. The summed E-state index contributed by atoms with van der Waals surface area (Å²) in [5.74, 6) is 0. The molecule has 1 aromatic heterocycles. The topological polar surface area (TPSA) is 100 Å². The fraction of sp³-hybridized carbons (Fsp3) is 0.636. The van der Waals surface area contributed by atoms with Crippen LogP contribution < -0.4 is 10.5 Å². The fourth-order valence-electron chi connectivity index (χ4n) is 1.97. The van der Waals surface area contributed by atoms with E-state index in [0.717, 1.165) is 13.1 Å². The summed E-state index contributed by atoms with van der Waals surface area (Å²) in [6.07, 6.45) is 1.33. The second-order valence-corrected chi connectivity index (χ2v) is 6.44. The van der Waals surface area contributed by atoms with Gasteiger partial charge in [-0.1, -0.05) is 0 Å². The lowest BCUT2D eigenvalue weighted by molar-refractivity contribution is -0.0156. The van der Waals surface area contributed by atoms with Crippen molar-refractivity contribution in [1.29, 1.82) is 0 Å². The van der Waals surface area contributed by atoms with E-state index in [-0.39, 0.29) is 24.1 Å². The van der Waals surface area contributed by atoms with E-state index in [9.17, 15) is 8.42 Å². The minimum Gasteiger partial charge on any atom is -0.374 e. The highest BCUT2D eigenvalue weighted by Gasteiger charge is 2.21. The number of hydrogen-bond donors (Lipinski definition) is 3. The van der Waals surface area contributed by atoms with Crippen LogP contribution in [0.5, 0.6) is 0 Å². The Bertz CT molecular complexity index is 514. The lowest BCUT2D eigenvalue weighted by atomic mass is 10.3. The Morgan fingerprint density at radius 3 is 3.05 bits per heavy atom. The van der Waals surface area contributed by atoms with Crippen LogP contribution in [-0.4, -0.2) is 57.7 Å². The van der Waals surface area contributed by atoms with Crippen molar-refractivity contribution in [3.63, 3.8) is 0 Å². The predicted molar refractivity (Wildman–Crippen MR) is 71.1 cm³/mol. The number of rotatable bonds is 5. The molecule has 1 aromatic rings. The number of morpholine rings is 1. The highest BCUT2D eigenvalue weighted by Crippen LogP contribution is 2.11. The van der Waals surface area contributed by atoms with Gasteiger partial charge in [0.2, 0.25) is 10.0 Å².